The normalized spacial score (nSPS) is 11.6. The Morgan fingerprint density at radius 3 is 2.66 bits per heavy atom. The fourth-order valence-corrected chi connectivity index (χ4v) is 4.06. The van der Waals surface area contributed by atoms with Crippen molar-refractivity contribution in [3.63, 3.8) is 0 Å². The topological polar surface area (TPSA) is 106 Å². The van der Waals surface area contributed by atoms with E-state index >= 15 is 0 Å². The molecule has 2 aromatic carbocycles. The Labute approximate surface area is 217 Å². The second-order valence-electron chi connectivity index (χ2n) is 8.39. The number of pyridine rings is 1. The lowest BCUT2D eigenvalue weighted by Gasteiger charge is -2.29. The Balaban J connectivity index is 1.50. The van der Waals surface area contributed by atoms with Gasteiger partial charge in [0.15, 0.2) is 12.1 Å². The van der Waals surface area contributed by atoms with Crippen molar-refractivity contribution in [3.8, 4) is 5.69 Å². The van der Waals surface area contributed by atoms with Crippen molar-refractivity contribution in [1.82, 2.24) is 25.1 Å². The minimum absolute atomic E-state index is 0.0268. The Kier molecular flexibility index (Phi) is 7.30. The third kappa shape index (κ3) is 5.49. The number of rotatable bonds is 9. The molecule has 0 aliphatic heterocycles. The summed E-state index contributed by atoms with van der Waals surface area (Å²) in [6.07, 6.45) is 9.06. The second-order valence-corrected chi connectivity index (χ2v) is 8.39. The SMILES string of the molecule is O=C(NCCc1cccc(F)c1)C(c1cccnc1)N(C(=O)c1cocn1)c1cnn(-c2ccccc2)c1. The van der Waals surface area contributed by atoms with Crippen LogP contribution in [0.15, 0.2) is 109 Å². The van der Waals surface area contributed by atoms with Crippen molar-refractivity contribution in [2.75, 3.05) is 11.4 Å². The molecule has 0 fully saturated rings. The molecule has 1 unspecified atom stereocenters. The zero-order chi connectivity index (χ0) is 26.3. The average molecular weight is 511 g/mol. The number of para-hydroxylation sites is 1. The van der Waals surface area contributed by atoms with Gasteiger partial charge in [0, 0.05) is 24.5 Å². The van der Waals surface area contributed by atoms with Crippen molar-refractivity contribution in [2.24, 2.45) is 0 Å². The molecule has 3 aromatic heterocycles. The number of carbonyl (C=O) groups excluding carboxylic acids is 2. The van der Waals surface area contributed by atoms with E-state index in [1.54, 1.807) is 41.3 Å². The summed E-state index contributed by atoms with van der Waals surface area (Å²) in [5, 5.41) is 7.30. The maximum atomic E-state index is 13.7. The predicted octanol–water partition coefficient (Wildman–Crippen LogP) is 4.14. The van der Waals surface area contributed by atoms with E-state index in [2.05, 4.69) is 20.4 Å². The molecule has 10 heteroatoms. The quantitative estimate of drug-likeness (QED) is 0.320. The maximum absolute atomic E-state index is 13.7. The van der Waals surface area contributed by atoms with Gasteiger partial charge < -0.3 is 9.73 Å². The van der Waals surface area contributed by atoms with Gasteiger partial charge >= 0.3 is 0 Å². The van der Waals surface area contributed by atoms with Gasteiger partial charge in [0.2, 0.25) is 5.91 Å². The molecular formula is C28H23FN6O3. The van der Waals surface area contributed by atoms with Gasteiger partial charge in [0.1, 0.15) is 18.1 Å². The lowest BCUT2D eigenvalue weighted by atomic mass is 10.0. The molecule has 1 N–H and O–H groups in total. The van der Waals surface area contributed by atoms with Gasteiger partial charge in [0.05, 0.1) is 23.8 Å². The van der Waals surface area contributed by atoms with Crippen LogP contribution in [0.25, 0.3) is 5.69 Å². The molecule has 2 amide bonds. The van der Waals surface area contributed by atoms with Crippen LogP contribution in [-0.2, 0) is 11.2 Å². The summed E-state index contributed by atoms with van der Waals surface area (Å²) in [5.74, 6) is -1.35. The number of oxazole rings is 1. The summed E-state index contributed by atoms with van der Waals surface area (Å²) in [6.45, 7) is 0.230. The molecule has 0 spiro atoms. The Morgan fingerprint density at radius 2 is 1.92 bits per heavy atom. The summed E-state index contributed by atoms with van der Waals surface area (Å²) in [5.41, 5.74) is 2.41. The van der Waals surface area contributed by atoms with E-state index in [1.165, 1.54) is 35.7 Å². The molecular weight excluding hydrogens is 487 g/mol. The molecule has 0 bridgehead atoms. The number of hydrogen-bond donors (Lipinski definition) is 1. The zero-order valence-electron chi connectivity index (χ0n) is 20.1. The molecule has 5 aromatic rings. The van der Waals surface area contributed by atoms with E-state index in [0.717, 1.165) is 17.6 Å². The fourth-order valence-electron chi connectivity index (χ4n) is 4.06. The predicted molar refractivity (Wildman–Crippen MR) is 137 cm³/mol. The number of halogens is 1. The van der Waals surface area contributed by atoms with Crippen LogP contribution < -0.4 is 10.2 Å². The van der Waals surface area contributed by atoms with Crippen LogP contribution in [0.4, 0.5) is 10.1 Å². The highest BCUT2D eigenvalue weighted by atomic mass is 19.1. The standard InChI is InChI=1S/C28H23FN6O3/c29-22-8-4-6-20(14-22)11-13-31-27(36)26(21-7-5-12-30-15-21)35(28(37)25-18-38-19-32-25)24-16-33-34(17-24)23-9-2-1-3-10-23/h1-10,12,14-19,26H,11,13H2,(H,31,36). The number of anilines is 1. The molecule has 0 saturated carbocycles. The van der Waals surface area contributed by atoms with Crippen molar-refractivity contribution in [3.05, 3.63) is 127 Å². The van der Waals surface area contributed by atoms with Gasteiger partial charge in [-0.3, -0.25) is 19.5 Å². The van der Waals surface area contributed by atoms with Crippen LogP contribution in [0.1, 0.15) is 27.7 Å². The second kappa shape index (κ2) is 11.3. The number of benzene rings is 2. The van der Waals surface area contributed by atoms with Gasteiger partial charge in [0.25, 0.3) is 5.91 Å². The third-order valence-corrected chi connectivity index (χ3v) is 5.85. The summed E-state index contributed by atoms with van der Waals surface area (Å²) in [6, 6.07) is 17.9. The van der Waals surface area contributed by atoms with Crippen LogP contribution in [0, 0.1) is 5.82 Å². The van der Waals surface area contributed by atoms with E-state index < -0.39 is 17.9 Å². The Hall–Kier alpha value is -5.12. The first-order chi connectivity index (χ1) is 18.6. The van der Waals surface area contributed by atoms with Crippen molar-refractivity contribution >= 4 is 17.5 Å². The molecule has 5 rings (SSSR count). The van der Waals surface area contributed by atoms with Crippen LogP contribution in [0.5, 0.6) is 0 Å². The molecule has 38 heavy (non-hydrogen) atoms. The fraction of sp³-hybridized carbons (Fsp3) is 0.107. The molecule has 1 atom stereocenters. The monoisotopic (exact) mass is 510 g/mol. The maximum Gasteiger partial charge on any atom is 0.281 e. The Bertz CT molecular complexity index is 1510. The molecule has 0 radical (unpaired) electrons. The van der Waals surface area contributed by atoms with E-state index in [-0.39, 0.29) is 18.1 Å². The highest BCUT2D eigenvalue weighted by Crippen LogP contribution is 2.29. The van der Waals surface area contributed by atoms with E-state index in [1.807, 2.05) is 30.3 Å². The minimum atomic E-state index is -1.10. The number of carbonyl (C=O) groups is 2. The first-order valence-electron chi connectivity index (χ1n) is 11.8. The zero-order valence-corrected chi connectivity index (χ0v) is 20.1. The van der Waals surface area contributed by atoms with Crippen LogP contribution >= 0.6 is 0 Å². The summed E-state index contributed by atoms with van der Waals surface area (Å²) < 4.78 is 20.2. The smallest absolute Gasteiger partial charge is 0.281 e. The van der Waals surface area contributed by atoms with Gasteiger partial charge in [-0.25, -0.2) is 14.1 Å². The van der Waals surface area contributed by atoms with E-state index in [4.69, 9.17) is 4.42 Å². The van der Waals surface area contributed by atoms with Gasteiger partial charge in [-0.1, -0.05) is 36.4 Å². The van der Waals surface area contributed by atoms with Crippen LogP contribution in [0.3, 0.4) is 0 Å². The number of nitrogens with zero attached hydrogens (tertiary/aromatic N) is 5. The highest BCUT2D eigenvalue weighted by Gasteiger charge is 2.35. The summed E-state index contributed by atoms with van der Waals surface area (Å²) >= 11 is 0. The first kappa shape index (κ1) is 24.6. The molecule has 9 nitrogen and oxygen atoms in total. The number of hydrogen-bond acceptors (Lipinski definition) is 6. The number of aromatic nitrogens is 4. The van der Waals surface area contributed by atoms with Crippen LogP contribution in [0.2, 0.25) is 0 Å². The first-order valence-corrected chi connectivity index (χ1v) is 11.8. The highest BCUT2D eigenvalue weighted by molar-refractivity contribution is 6.08. The van der Waals surface area contributed by atoms with Crippen LogP contribution in [-0.4, -0.2) is 38.1 Å². The molecule has 0 saturated heterocycles. The van der Waals surface area contributed by atoms with Gasteiger partial charge in [-0.05, 0) is 42.3 Å². The minimum Gasteiger partial charge on any atom is -0.451 e. The van der Waals surface area contributed by atoms with Gasteiger partial charge in [-0.15, -0.1) is 0 Å². The molecule has 190 valence electrons. The largest absolute Gasteiger partial charge is 0.451 e. The Morgan fingerprint density at radius 1 is 1.05 bits per heavy atom. The van der Waals surface area contributed by atoms with Crippen molar-refractivity contribution in [2.45, 2.75) is 12.5 Å². The molecule has 3 heterocycles. The van der Waals surface area contributed by atoms with Crippen molar-refractivity contribution < 1.29 is 18.4 Å². The lowest BCUT2D eigenvalue weighted by molar-refractivity contribution is -0.122. The summed E-state index contributed by atoms with van der Waals surface area (Å²) in [4.78, 5) is 36.9. The number of nitrogens with one attached hydrogen (secondary N) is 1. The molecule has 0 aliphatic carbocycles. The van der Waals surface area contributed by atoms with Crippen molar-refractivity contribution in [1.29, 1.82) is 0 Å². The third-order valence-electron chi connectivity index (χ3n) is 5.85. The average Bonchev–Trinajstić information content (AvgIpc) is 3.65. The van der Waals surface area contributed by atoms with E-state index in [9.17, 15) is 14.0 Å². The summed E-state index contributed by atoms with van der Waals surface area (Å²) in [7, 11) is 0. The number of amides is 2. The lowest BCUT2D eigenvalue weighted by Crippen LogP contribution is -2.44. The van der Waals surface area contributed by atoms with E-state index in [0.29, 0.717) is 17.7 Å². The molecule has 0 aliphatic rings. The van der Waals surface area contributed by atoms with Gasteiger partial charge in [-0.2, -0.15) is 5.10 Å².